The van der Waals surface area contributed by atoms with E-state index in [4.69, 9.17) is 4.42 Å². The van der Waals surface area contributed by atoms with Crippen LogP contribution in [0.3, 0.4) is 0 Å². The fourth-order valence-corrected chi connectivity index (χ4v) is 4.22. The van der Waals surface area contributed by atoms with Crippen LogP contribution in [0.5, 0.6) is 0 Å². The molecule has 0 N–H and O–H groups in total. The molecular formula is C22H22BrN3O3. The standard InChI is InChI=1S/C22H22BrN3O3/c1-15-13-19(16(2)26(15)18-6-3-5-17(23)14-18)21(27)24-8-10-25(11-9-24)22(28)20-7-4-12-29-20/h3-7,12-14H,8-11H2,1-2H3. The quantitative estimate of drug-likeness (QED) is 0.598. The third-order valence-electron chi connectivity index (χ3n) is 5.31. The van der Waals surface area contributed by atoms with Gasteiger partial charge in [0.2, 0.25) is 0 Å². The molecule has 1 aliphatic heterocycles. The number of aryl methyl sites for hydroxylation is 1. The summed E-state index contributed by atoms with van der Waals surface area (Å²) in [6, 6.07) is 13.3. The summed E-state index contributed by atoms with van der Waals surface area (Å²) in [6.07, 6.45) is 1.49. The first kappa shape index (κ1) is 19.5. The number of halogens is 1. The lowest BCUT2D eigenvalue weighted by molar-refractivity contribution is 0.0517. The number of hydrogen-bond donors (Lipinski definition) is 0. The molecule has 1 aromatic carbocycles. The van der Waals surface area contributed by atoms with Gasteiger partial charge in [0.1, 0.15) is 0 Å². The largest absolute Gasteiger partial charge is 0.459 e. The van der Waals surface area contributed by atoms with Crippen LogP contribution in [0.2, 0.25) is 0 Å². The second kappa shape index (κ2) is 7.91. The minimum atomic E-state index is -0.130. The van der Waals surface area contributed by atoms with E-state index in [-0.39, 0.29) is 11.8 Å². The van der Waals surface area contributed by atoms with Gasteiger partial charge in [-0.25, -0.2) is 0 Å². The second-order valence-electron chi connectivity index (χ2n) is 7.16. The minimum absolute atomic E-state index is 0.00412. The van der Waals surface area contributed by atoms with E-state index in [0.717, 1.165) is 21.5 Å². The highest BCUT2D eigenvalue weighted by Gasteiger charge is 2.28. The molecule has 29 heavy (non-hydrogen) atoms. The highest BCUT2D eigenvalue weighted by molar-refractivity contribution is 9.10. The first-order chi connectivity index (χ1) is 14.0. The Bertz CT molecular complexity index is 1050. The van der Waals surface area contributed by atoms with Crippen molar-refractivity contribution in [1.82, 2.24) is 14.4 Å². The van der Waals surface area contributed by atoms with Crippen LogP contribution in [0, 0.1) is 13.8 Å². The van der Waals surface area contributed by atoms with Crippen LogP contribution in [0.1, 0.15) is 32.3 Å². The number of nitrogens with zero attached hydrogens (tertiary/aromatic N) is 3. The zero-order chi connectivity index (χ0) is 20.5. The van der Waals surface area contributed by atoms with Crippen LogP contribution in [0.15, 0.2) is 57.6 Å². The van der Waals surface area contributed by atoms with E-state index in [0.29, 0.717) is 37.5 Å². The van der Waals surface area contributed by atoms with Gasteiger partial charge in [0.15, 0.2) is 5.76 Å². The van der Waals surface area contributed by atoms with Crippen molar-refractivity contribution < 1.29 is 14.0 Å². The SMILES string of the molecule is Cc1cc(C(=O)N2CCN(C(=O)c3ccco3)CC2)c(C)n1-c1cccc(Br)c1. The molecule has 0 bridgehead atoms. The van der Waals surface area contributed by atoms with Crippen LogP contribution in [0.25, 0.3) is 5.69 Å². The Labute approximate surface area is 177 Å². The Hall–Kier alpha value is -2.80. The highest BCUT2D eigenvalue weighted by Crippen LogP contribution is 2.24. The maximum Gasteiger partial charge on any atom is 0.289 e. The van der Waals surface area contributed by atoms with Gasteiger partial charge in [-0.1, -0.05) is 22.0 Å². The summed E-state index contributed by atoms with van der Waals surface area (Å²) in [5.74, 6) is 0.210. The van der Waals surface area contributed by atoms with Crippen LogP contribution in [-0.2, 0) is 0 Å². The molecule has 150 valence electrons. The van der Waals surface area contributed by atoms with Crippen molar-refractivity contribution in [2.45, 2.75) is 13.8 Å². The lowest BCUT2D eigenvalue weighted by Gasteiger charge is -2.34. The number of piperazine rings is 1. The Morgan fingerprint density at radius 3 is 2.24 bits per heavy atom. The Morgan fingerprint density at radius 2 is 1.62 bits per heavy atom. The number of amides is 2. The Kier molecular flexibility index (Phi) is 5.32. The van der Waals surface area contributed by atoms with Gasteiger partial charge < -0.3 is 18.8 Å². The van der Waals surface area contributed by atoms with Crippen LogP contribution in [0.4, 0.5) is 0 Å². The van der Waals surface area contributed by atoms with Crippen molar-refractivity contribution in [3.05, 3.63) is 75.9 Å². The fourth-order valence-electron chi connectivity index (χ4n) is 3.83. The van der Waals surface area contributed by atoms with Gasteiger partial charge in [0, 0.05) is 47.7 Å². The summed E-state index contributed by atoms with van der Waals surface area (Å²) in [7, 11) is 0. The van der Waals surface area contributed by atoms with Gasteiger partial charge in [-0.2, -0.15) is 0 Å². The van der Waals surface area contributed by atoms with Crippen molar-refractivity contribution in [2.24, 2.45) is 0 Å². The van der Waals surface area contributed by atoms with Crippen molar-refractivity contribution in [2.75, 3.05) is 26.2 Å². The van der Waals surface area contributed by atoms with Crippen LogP contribution >= 0.6 is 15.9 Å². The van der Waals surface area contributed by atoms with Crippen LogP contribution < -0.4 is 0 Å². The van der Waals surface area contributed by atoms with E-state index < -0.39 is 0 Å². The molecule has 2 aromatic heterocycles. The summed E-state index contributed by atoms with van der Waals surface area (Å²) in [6.45, 7) is 5.98. The summed E-state index contributed by atoms with van der Waals surface area (Å²) in [4.78, 5) is 29.1. The molecule has 6 nitrogen and oxygen atoms in total. The normalized spacial score (nSPS) is 14.3. The average molecular weight is 456 g/mol. The molecule has 3 aromatic rings. The molecule has 2 amide bonds. The van der Waals surface area contributed by atoms with E-state index in [9.17, 15) is 9.59 Å². The first-order valence-electron chi connectivity index (χ1n) is 9.52. The molecule has 7 heteroatoms. The molecule has 1 aliphatic rings. The zero-order valence-corrected chi connectivity index (χ0v) is 18.0. The molecule has 0 radical (unpaired) electrons. The van der Waals surface area contributed by atoms with Gasteiger partial charge in [-0.15, -0.1) is 0 Å². The molecule has 0 saturated carbocycles. The molecule has 1 saturated heterocycles. The molecule has 3 heterocycles. The highest BCUT2D eigenvalue weighted by atomic mass is 79.9. The number of rotatable bonds is 3. The second-order valence-corrected chi connectivity index (χ2v) is 8.08. The van der Waals surface area contributed by atoms with Crippen molar-refractivity contribution in [3.63, 3.8) is 0 Å². The van der Waals surface area contributed by atoms with Gasteiger partial charge in [-0.05, 0) is 50.2 Å². The zero-order valence-electron chi connectivity index (χ0n) is 16.4. The minimum Gasteiger partial charge on any atom is -0.459 e. The monoisotopic (exact) mass is 455 g/mol. The fraction of sp³-hybridized carbons (Fsp3) is 0.273. The lowest BCUT2D eigenvalue weighted by Crippen LogP contribution is -2.50. The van der Waals surface area contributed by atoms with Gasteiger partial charge >= 0.3 is 0 Å². The summed E-state index contributed by atoms with van der Waals surface area (Å²) < 4.78 is 8.28. The number of hydrogen-bond acceptors (Lipinski definition) is 3. The maximum absolute atomic E-state index is 13.2. The number of benzene rings is 1. The number of furan rings is 1. The molecule has 1 fully saturated rings. The molecule has 0 aliphatic carbocycles. The molecular weight excluding hydrogens is 434 g/mol. The number of carbonyl (C=O) groups is 2. The van der Waals surface area contributed by atoms with Crippen LogP contribution in [-0.4, -0.2) is 52.4 Å². The first-order valence-corrected chi connectivity index (χ1v) is 10.3. The molecule has 4 rings (SSSR count). The smallest absolute Gasteiger partial charge is 0.289 e. The van der Waals surface area contributed by atoms with E-state index in [1.54, 1.807) is 17.0 Å². The maximum atomic E-state index is 13.2. The van der Waals surface area contributed by atoms with E-state index in [2.05, 4.69) is 20.5 Å². The number of carbonyl (C=O) groups excluding carboxylic acids is 2. The third-order valence-corrected chi connectivity index (χ3v) is 5.81. The predicted octanol–water partition coefficient (Wildman–Crippen LogP) is 4.05. The summed E-state index contributed by atoms with van der Waals surface area (Å²) in [5, 5.41) is 0. The van der Waals surface area contributed by atoms with Gasteiger partial charge in [-0.3, -0.25) is 9.59 Å². The molecule has 0 spiro atoms. The van der Waals surface area contributed by atoms with Crippen molar-refractivity contribution in [3.8, 4) is 5.69 Å². The van der Waals surface area contributed by atoms with Crippen molar-refractivity contribution >= 4 is 27.7 Å². The number of aromatic nitrogens is 1. The summed E-state index contributed by atoms with van der Waals surface area (Å²) in [5.41, 5.74) is 3.64. The van der Waals surface area contributed by atoms with Gasteiger partial charge in [0.25, 0.3) is 11.8 Å². The average Bonchev–Trinajstić information content (AvgIpc) is 3.35. The Balaban J connectivity index is 1.50. The Morgan fingerprint density at radius 1 is 0.931 bits per heavy atom. The topological polar surface area (TPSA) is 58.7 Å². The van der Waals surface area contributed by atoms with E-state index in [1.807, 2.05) is 49.1 Å². The molecule has 0 unspecified atom stereocenters. The lowest BCUT2D eigenvalue weighted by atomic mass is 10.2. The molecule has 0 atom stereocenters. The summed E-state index contributed by atoms with van der Waals surface area (Å²) >= 11 is 3.51. The third kappa shape index (κ3) is 3.74. The van der Waals surface area contributed by atoms with E-state index >= 15 is 0 Å². The van der Waals surface area contributed by atoms with Crippen molar-refractivity contribution in [1.29, 1.82) is 0 Å². The predicted molar refractivity (Wildman–Crippen MR) is 113 cm³/mol. The van der Waals surface area contributed by atoms with E-state index in [1.165, 1.54) is 6.26 Å². The van der Waals surface area contributed by atoms with Gasteiger partial charge in [0.05, 0.1) is 11.8 Å².